The summed E-state index contributed by atoms with van der Waals surface area (Å²) in [6.07, 6.45) is 2.46. The van der Waals surface area contributed by atoms with Gasteiger partial charge in [0.05, 0.1) is 22.6 Å². The molecule has 0 bridgehead atoms. The summed E-state index contributed by atoms with van der Waals surface area (Å²) in [5.74, 6) is -0.579. The first-order chi connectivity index (χ1) is 12.8. The highest BCUT2D eigenvalue weighted by atomic mass is 35.5. The van der Waals surface area contributed by atoms with Crippen molar-refractivity contribution in [3.63, 3.8) is 0 Å². The first-order valence-corrected chi connectivity index (χ1v) is 9.87. The zero-order chi connectivity index (χ0) is 20.1. The lowest BCUT2D eigenvalue weighted by Crippen LogP contribution is -2.42. The lowest BCUT2D eigenvalue weighted by atomic mass is 10.2. The zero-order valence-corrected chi connectivity index (χ0v) is 17.2. The number of esters is 1. The number of benzene rings is 1. The smallest absolute Gasteiger partial charge is 0.329 e. The van der Waals surface area contributed by atoms with Crippen LogP contribution in [0.15, 0.2) is 23.1 Å². The number of imide groups is 1. The maximum Gasteiger partial charge on any atom is 0.329 e. The number of thioether (sulfide) groups is 1. The Bertz CT molecular complexity index is 779. The molecule has 0 radical (unpaired) electrons. The summed E-state index contributed by atoms with van der Waals surface area (Å²) in [5, 5.41) is -0.0854. The van der Waals surface area contributed by atoms with Crippen LogP contribution in [0.4, 0.5) is 4.79 Å². The van der Waals surface area contributed by atoms with Gasteiger partial charge in [0.25, 0.3) is 11.1 Å². The first kappa shape index (κ1) is 21.3. The van der Waals surface area contributed by atoms with Crippen molar-refractivity contribution in [1.82, 2.24) is 4.90 Å². The Morgan fingerprint density at radius 3 is 2.59 bits per heavy atom. The molecular formula is C19H22ClNO5S. The number of nitrogens with zero attached hydrogens (tertiary/aromatic N) is 1. The lowest BCUT2D eigenvalue weighted by molar-refractivity contribution is -0.150. The molecule has 2 amide bonds. The molecule has 1 aliphatic rings. The molecule has 146 valence electrons. The van der Waals surface area contributed by atoms with Crippen LogP contribution in [0.5, 0.6) is 5.75 Å². The van der Waals surface area contributed by atoms with E-state index in [0.717, 1.165) is 23.1 Å². The van der Waals surface area contributed by atoms with E-state index in [1.54, 1.807) is 31.2 Å². The SMILES string of the molecule is CCOC(=O)[C@H](C)N1C(=O)S/C(=C/c2ccc(O[C@H](C)CC)c(Cl)c2)C1=O. The number of halogens is 1. The third-order valence-electron chi connectivity index (χ3n) is 4.00. The van der Waals surface area contributed by atoms with Gasteiger partial charge in [0.2, 0.25) is 0 Å². The van der Waals surface area contributed by atoms with Crippen LogP contribution >= 0.6 is 23.4 Å². The maximum absolute atomic E-state index is 12.6. The first-order valence-electron chi connectivity index (χ1n) is 8.68. The Morgan fingerprint density at radius 2 is 2.00 bits per heavy atom. The van der Waals surface area contributed by atoms with Crippen LogP contribution in [-0.2, 0) is 14.3 Å². The van der Waals surface area contributed by atoms with E-state index in [0.29, 0.717) is 16.3 Å². The highest BCUT2D eigenvalue weighted by molar-refractivity contribution is 8.18. The van der Waals surface area contributed by atoms with E-state index in [1.807, 2.05) is 13.8 Å². The molecule has 0 aliphatic carbocycles. The fraction of sp³-hybridized carbons (Fsp3) is 0.421. The minimum absolute atomic E-state index is 0.0363. The Morgan fingerprint density at radius 1 is 1.30 bits per heavy atom. The second kappa shape index (κ2) is 9.28. The van der Waals surface area contributed by atoms with Crippen molar-refractivity contribution >= 4 is 46.6 Å². The monoisotopic (exact) mass is 411 g/mol. The predicted octanol–water partition coefficient (Wildman–Crippen LogP) is 4.51. The van der Waals surface area contributed by atoms with Gasteiger partial charge in [-0.25, -0.2) is 4.79 Å². The normalized spacial score (nSPS) is 18.0. The van der Waals surface area contributed by atoms with Crippen LogP contribution in [0.1, 0.15) is 39.7 Å². The number of hydrogen-bond donors (Lipinski definition) is 0. The van der Waals surface area contributed by atoms with Crippen LogP contribution in [0.25, 0.3) is 6.08 Å². The second-order valence-corrected chi connectivity index (χ2v) is 7.41. The van der Waals surface area contributed by atoms with E-state index in [9.17, 15) is 14.4 Å². The molecule has 0 saturated carbocycles. The fourth-order valence-corrected chi connectivity index (χ4v) is 3.48. The molecule has 2 rings (SSSR count). The molecule has 1 aromatic carbocycles. The van der Waals surface area contributed by atoms with Gasteiger partial charge in [-0.1, -0.05) is 24.6 Å². The van der Waals surface area contributed by atoms with Crippen LogP contribution in [0.2, 0.25) is 5.02 Å². The van der Waals surface area contributed by atoms with Gasteiger partial charge in [0.1, 0.15) is 11.8 Å². The molecule has 8 heteroatoms. The second-order valence-electron chi connectivity index (χ2n) is 6.01. The number of amides is 2. The van der Waals surface area contributed by atoms with Crippen molar-refractivity contribution in [3.05, 3.63) is 33.7 Å². The Labute approximate surface area is 167 Å². The third-order valence-corrected chi connectivity index (χ3v) is 5.17. The predicted molar refractivity (Wildman–Crippen MR) is 106 cm³/mol. The van der Waals surface area contributed by atoms with Crippen molar-refractivity contribution in [2.75, 3.05) is 6.61 Å². The Balaban J connectivity index is 2.20. The summed E-state index contributed by atoms with van der Waals surface area (Å²) in [6, 6.07) is 4.18. The molecule has 0 aromatic heterocycles. The quantitative estimate of drug-likeness (QED) is 0.485. The molecule has 6 nitrogen and oxygen atoms in total. The highest BCUT2D eigenvalue weighted by Gasteiger charge is 2.41. The maximum atomic E-state index is 12.6. The standard InChI is InChI=1S/C19H22ClNO5S/c1-5-11(3)26-15-8-7-13(9-14(15)20)10-16-17(22)21(19(24)27-16)12(4)18(23)25-6-2/h7-12H,5-6H2,1-4H3/b16-10+/t11-,12+/m1/s1. The van der Waals surface area contributed by atoms with Gasteiger partial charge in [-0.15, -0.1) is 0 Å². The highest BCUT2D eigenvalue weighted by Crippen LogP contribution is 2.35. The molecule has 0 N–H and O–H groups in total. The van der Waals surface area contributed by atoms with E-state index in [-0.39, 0.29) is 17.6 Å². The van der Waals surface area contributed by atoms with Crippen LogP contribution in [0, 0.1) is 0 Å². The molecule has 1 aliphatic heterocycles. The molecule has 0 unspecified atom stereocenters. The van der Waals surface area contributed by atoms with E-state index in [2.05, 4.69) is 0 Å². The molecule has 1 fully saturated rings. The topological polar surface area (TPSA) is 72.9 Å². The summed E-state index contributed by atoms with van der Waals surface area (Å²) in [6.45, 7) is 7.27. The zero-order valence-electron chi connectivity index (χ0n) is 15.7. The molecule has 0 spiro atoms. The van der Waals surface area contributed by atoms with Gasteiger partial charge >= 0.3 is 5.97 Å². The van der Waals surface area contributed by atoms with Crippen molar-refractivity contribution in [2.24, 2.45) is 0 Å². The summed E-state index contributed by atoms with van der Waals surface area (Å²) >= 11 is 7.03. The molecule has 2 atom stereocenters. The number of carbonyl (C=O) groups is 3. The average molecular weight is 412 g/mol. The van der Waals surface area contributed by atoms with Crippen molar-refractivity contribution in [3.8, 4) is 5.75 Å². The van der Waals surface area contributed by atoms with E-state index >= 15 is 0 Å². The molecule has 1 heterocycles. The van der Waals surface area contributed by atoms with Crippen molar-refractivity contribution in [1.29, 1.82) is 0 Å². The van der Waals surface area contributed by atoms with Crippen LogP contribution in [0.3, 0.4) is 0 Å². The third kappa shape index (κ3) is 5.05. The summed E-state index contributed by atoms with van der Waals surface area (Å²) < 4.78 is 10.6. The van der Waals surface area contributed by atoms with Crippen LogP contribution in [-0.4, -0.2) is 40.8 Å². The van der Waals surface area contributed by atoms with Gasteiger partial charge in [-0.2, -0.15) is 0 Å². The minimum Gasteiger partial charge on any atom is -0.489 e. The fourth-order valence-electron chi connectivity index (χ4n) is 2.34. The Hall–Kier alpha value is -1.99. The van der Waals surface area contributed by atoms with Gasteiger partial charge < -0.3 is 9.47 Å². The number of rotatable bonds is 7. The lowest BCUT2D eigenvalue weighted by Gasteiger charge is -2.19. The summed E-state index contributed by atoms with van der Waals surface area (Å²) in [7, 11) is 0. The molecule has 27 heavy (non-hydrogen) atoms. The van der Waals surface area contributed by atoms with Gasteiger partial charge in [-0.05, 0) is 62.7 Å². The number of carbonyl (C=O) groups excluding carboxylic acids is 3. The largest absolute Gasteiger partial charge is 0.489 e. The van der Waals surface area contributed by atoms with Gasteiger partial charge in [-0.3, -0.25) is 14.5 Å². The number of hydrogen-bond acceptors (Lipinski definition) is 6. The van der Waals surface area contributed by atoms with E-state index in [1.165, 1.54) is 6.92 Å². The van der Waals surface area contributed by atoms with E-state index < -0.39 is 23.2 Å². The molecule has 1 aromatic rings. The van der Waals surface area contributed by atoms with Crippen molar-refractivity contribution < 1.29 is 23.9 Å². The molecular weight excluding hydrogens is 390 g/mol. The average Bonchev–Trinajstić information content (AvgIpc) is 2.90. The van der Waals surface area contributed by atoms with Crippen LogP contribution < -0.4 is 4.74 Å². The summed E-state index contributed by atoms with van der Waals surface area (Å²) in [4.78, 5) is 37.7. The minimum atomic E-state index is -0.974. The Kier molecular flexibility index (Phi) is 7.33. The van der Waals surface area contributed by atoms with E-state index in [4.69, 9.17) is 21.1 Å². The van der Waals surface area contributed by atoms with Crippen molar-refractivity contribution in [2.45, 2.75) is 46.3 Å². The summed E-state index contributed by atoms with van der Waals surface area (Å²) in [5.41, 5.74) is 0.658. The number of ether oxygens (including phenoxy) is 2. The molecule has 1 saturated heterocycles. The van der Waals surface area contributed by atoms with Gasteiger partial charge in [0.15, 0.2) is 0 Å². The van der Waals surface area contributed by atoms with Gasteiger partial charge in [0, 0.05) is 0 Å².